The Labute approximate surface area is 122 Å². The highest BCUT2D eigenvalue weighted by Crippen LogP contribution is 2.20. The highest BCUT2D eigenvalue weighted by atomic mass is 32.1. The van der Waals surface area contributed by atoms with Crippen molar-refractivity contribution in [3.05, 3.63) is 45.9 Å². The van der Waals surface area contributed by atoms with Gasteiger partial charge in [0.1, 0.15) is 12.0 Å². The van der Waals surface area contributed by atoms with Gasteiger partial charge in [-0.1, -0.05) is 12.1 Å². The fraction of sp³-hybridized carbons (Fsp3) is 0.333. The Morgan fingerprint density at radius 1 is 1.50 bits per heavy atom. The van der Waals surface area contributed by atoms with Crippen LogP contribution >= 0.6 is 11.3 Å². The zero-order chi connectivity index (χ0) is 14.4. The van der Waals surface area contributed by atoms with E-state index < -0.39 is 0 Å². The van der Waals surface area contributed by atoms with Crippen LogP contribution in [0.4, 0.5) is 0 Å². The van der Waals surface area contributed by atoms with Gasteiger partial charge in [0.15, 0.2) is 0 Å². The van der Waals surface area contributed by atoms with Gasteiger partial charge in [0.2, 0.25) is 0 Å². The van der Waals surface area contributed by atoms with Crippen LogP contribution in [0.1, 0.15) is 16.8 Å². The molecule has 1 aromatic heterocycles. The number of carbonyl (C=O) groups excluding carboxylic acids is 1. The molecule has 1 heterocycles. The Morgan fingerprint density at radius 3 is 3.00 bits per heavy atom. The SMILES string of the molecule is COc1cccc(CN[C@H](C=O)Cc2cscn2)c1C. The van der Waals surface area contributed by atoms with E-state index in [0.717, 1.165) is 28.9 Å². The lowest BCUT2D eigenvalue weighted by Gasteiger charge is -2.14. The van der Waals surface area contributed by atoms with Crippen LogP contribution in [-0.2, 0) is 17.8 Å². The van der Waals surface area contributed by atoms with Crippen LogP contribution in [-0.4, -0.2) is 24.4 Å². The topological polar surface area (TPSA) is 51.2 Å². The molecule has 0 fully saturated rings. The standard InChI is InChI=1S/C15H18N2O2S/c1-11-12(4-3-5-15(11)19-2)7-16-13(8-18)6-14-9-20-10-17-14/h3-5,8-10,13,16H,6-7H2,1-2H3/t13-/m0/s1. The summed E-state index contributed by atoms with van der Waals surface area (Å²) in [4.78, 5) is 15.4. The summed E-state index contributed by atoms with van der Waals surface area (Å²) in [6.07, 6.45) is 1.56. The van der Waals surface area contributed by atoms with Gasteiger partial charge in [0.25, 0.3) is 0 Å². The zero-order valence-corrected chi connectivity index (χ0v) is 12.4. The second-order valence-corrected chi connectivity index (χ2v) is 5.27. The van der Waals surface area contributed by atoms with Crippen molar-refractivity contribution in [2.75, 3.05) is 7.11 Å². The maximum absolute atomic E-state index is 11.1. The van der Waals surface area contributed by atoms with Gasteiger partial charge in [-0.05, 0) is 24.1 Å². The summed E-state index contributed by atoms with van der Waals surface area (Å²) in [7, 11) is 1.66. The van der Waals surface area contributed by atoms with E-state index in [-0.39, 0.29) is 6.04 Å². The first-order valence-corrected chi connectivity index (χ1v) is 7.37. The molecule has 0 aliphatic rings. The molecular weight excluding hydrogens is 272 g/mol. The molecule has 0 bridgehead atoms. The smallest absolute Gasteiger partial charge is 0.137 e. The molecule has 2 aromatic rings. The summed E-state index contributed by atoms with van der Waals surface area (Å²) in [6.45, 7) is 2.66. The van der Waals surface area contributed by atoms with Crippen molar-refractivity contribution in [3.8, 4) is 5.75 Å². The quantitative estimate of drug-likeness (QED) is 0.795. The van der Waals surface area contributed by atoms with E-state index >= 15 is 0 Å². The molecule has 5 heteroatoms. The first-order chi connectivity index (χ1) is 9.74. The molecule has 0 radical (unpaired) electrons. The highest BCUT2D eigenvalue weighted by molar-refractivity contribution is 7.07. The van der Waals surface area contributed by atoms with Crippen molar-refractivity contribution in [2.24, 2.45) is 0 Å². The maximum Gasteiger partial charge on any atom is 0.137 e. The van der Waals surface area contributed by atoms with Crippen LogP contribution < -0.4 is 10.1 Å². The molecule has 0 amide bonds. The second-order valence-electron chi connectivity index (χ2n) is 4.55. The van der Waals surface area contributed by atoms with Crippen LogP contribution in [0.5, 0.6) is 5.75 Å². The largest absolute Gasteiger partial charge is 0.496 e. The Kier molecular flexibility index (Phi) is 5.26. The van der Waals surface area contributed by atoms with E-state index in [2.05, 4.69) is 10.3 Å². The maximum atomic E-state index is 11.1. The number of benzene rings is 1. The summed E-state index contributed by atoms with van der Waals surface area (Å²) in [5.74, 6) is 0.867. The predicted molar refractivity (Wildman–Crippen MR) is 80.2 cm³/mol. The van der Waals surface area contributed by atoms with Crippen molar-refractivity contribution in [1.82, 2.24) is 10.3 Å². The minimum absolute atomic E-state index is 0.220. The number of carbonyl (C=O) groups is 1. The van der Waals surface area contributed by atoms with Crippen molar-refractivity contribution >= 4 is 17.6 Å². The number of thiazole rings is 1. The Bertz CT molecular complexity index is 555. The van der Waals surface area contributed by atoms with Crippen LogP contribution in [0, 0.1) is 6.92 Å². The van der Waals surface area contributed by atoms with Gasteiger partial charge < -0.3 is 14.8 Å². The molecule has 1 N–H and O–H groups in total. The lowest BCUT2D eigenvalue weighted by molar-refractivity contribution is -0.109. The summed E-state index contributed by atoms with van der Waals surface area (Å²) in [5.41, 5.74) is 4.96. The first kappa shape index (κ1) is 14.7. The van der Waals surface area contributed by atoms with E-state index in [9.17, 15) is 4.79 Å². The van der Waals surface area contributed by atoms with Crippen molar-refractivity contribution < 1.29 is 9.53 Å². The number of rotatable bonds is 7. The van der Waals surface area contributed by atoms with Gasteiger partial charge >= 0.3 is 0 Å². The summed E-state index contributed by atoms with van der Waals surface area (Å²) >= 11 is 1.54. The van der Waals surface area contributed by atoms with Crippen molar-refractivity contribution in [2.45, 2.75) is 25.9 Å². The van der Waals surface area contributed by atoms with Crippen LogP contribution in [0.25, 0.3) is 0 Å². The second kappa shape index (κ2) is 7.17. The molecule has 20 heavy (non-hydrogen) atoms. The molecule has 0 spiro atoms. The van der Waals surface area contributed by atoms with Gasteiger partial charge in [0, 0.05) is 18.3 Å². The molecule has 0 saturated heterocycles. The van der Waals surface area contributed by atoms with Gasteiger partial charge in [-0.2, -0.15) is 0 Å². The summed E-state index contributed by atoms with van der Waals surface area (Å²) in [5, 5.41) is 5.22. The third-order valence-electron chi connectivity index (χ3n) is 3.25. The summed E-state index contributed by atoms with van der Waals surface area (Å²) in [6, 6.07) is 5.71. The number of ether oxygens (including phenoxy) is 1. The molecule has 0 saturated carbocycles. The number of methoxy groups -OCH3 is 1. The van der Waals surface area contributed by atoms with Crippen LogP contribution in [0.3, 0.4) is 0 Å². The zero-order valence-electron chi connectivity index (χ0n) is 11.6. The molecule has 2 rings (SSSR count). The van der Waals surface area contributed by atoms with Gasteiger partial charge in [0.05, 0.1) is 24.4 Å². The molecule has 1 aromatic carbocycles. The molecule has 0 unspecified atom stereocenters. The number of aromatic nitrogens is 1. The molecular formula is C15H18N2O2S. The monoisotopic (exact) mass is 290 g/mol. The van der Waals surface area contributed by atoms with Crippen LogP contribution in [0.15, 0.2) is 29.1 Å². The molecule has 106 valence electrons. The normalized spacial score (nSPS) is 12.1. The van der Waals surface area contributed by atoms with Gasteiger partial charge in [-0.3, -0.25) is 0 Å². The van der Waals surface area contributed by atoms with E-state index in [1.165, 1.54) is 0 Å². The number of hydrogen-bond donors (Lipinski definition) is 1. The predicted octanol–water partition coefficient (Wildman–Crippen LogP) is 2.36. The Morgan fingerprint density at radius 2 is 2.35 bits per heavy atom. The van der Waals surface area contributed by atoms with Crippen LogP contribution in [0.2, 0.25) is 0 Å². The van der Waals surface area contributed by atoms with Crippen molar-refractivity contribution in [1.29, 1.82) is 0 Å². The third-order valence-corrected chi connectivity index (χ3v) is 3.88. The fourth-order valence-electron chi connectivity index (χ4n) is 2.05. The lowest BCUT2D eigenvalue weighted by atomic mass is 10.1. The number of hydrogen-bond acceptors (Lipinski definition) is 5. The molecule has 0 aliphatic heterocycles. The highest BCUT2D eigenvalue weighted by Gasteiger charge is 2.11. The number of nitrogens with zero attached hydrogens (tertiary/aromatic N) is 1. The fourth-order valence-corrected chi connectivity index (χ4v) is 2.62. The van der Waals surface area contributed by atoms with E-state index in [0.29, 0.717) is 13.0 Å². The number of aldehydes is 1. The molecule has 1 atom stereocenters. The van der Waals surface area contributed by atoms with E-state index in [1.54, 1.807) is 24.0 Å². The Hall–Kier alpha value is -1.72. The lowest BCUT2D eigenvalue weighted by Crippen LogP contribution is -2.32. The average Bonchev–Trinajstić information content (AvgIpc) is 2.97. The average molecular weight is 290 g/mol. The third kappa shape index (κ3) is 3.65. The van der Waals surface area contributed by atoms with Gasteiger partial charge in [-0.25, -0.2) is 4.98 Å². The summed E-state index contributed by atoms with van der Waals surface area (Å²) < 4.78 is 5.30. The van der Waals surface area contributed by atoms with E-state index in [1.807, 2.05) is 30.5 Å². The van der Waals surface area contributed by atoms with E-state index in [4.69, 9.17) is 4.74 Å². The van der Waals surface area contributed by atoms with Crippen molar-refractivity contribution in [3.63, 3.8) is 0 Å². The first-order valence-electron chi connectivity index (χ1n) is 6.42. The Balaban J connectivity index is 1.98. The number of nitrogens with one attached hydrogen (secondary N) is 1. The minimum Gasteiger partial charge on any atom is -0.496 e. The molecule has 4 nitrogen and oxygen atoms in total. The van der Waals surface area contributed by atoms with Gasteiger partial charge in [-0.15, -0.1) is 11.3 Å². The minimum atomic E-state index is -0.220. The molecule has 0 aliphatic carbocycles.